The molecule has 3 rings (SSSR count). The van der Waals surface area contributed by atoms with Gasteiger partial charge in [-0.15, -0.1) is 24.0 Å². The molecule has 0 aromatic heterocycles. The van der Waals surface area contributed by atoms with Gasteiger partial charge in [0.2, 0.25) is 6.79 Å². The fourth-order valence-corrected chi connectivity index (χ4v) is 3.57. The van der Waals surface area contributed by atoms with E-state index in [0.717, 1.165) is 79.9 Å². The van der Waals surface area contributed by atoms with E-state index in [-0.39, 0.29) is 30.8 Å². The summed E-state index contributed by atoms with van der Waals surface area (Å²) < 4.78 is 22.9. The minimum atomic E-state index is 0. The molecule has 0 amide bonds. The first kappa shape index (κ1) is 23.5. The van der Waals surface area contributed by atoms with Gasteiger partial charge in [-0.25, -0.2) is 4.99 Å². The van der Waals surface area contributed by atoms with Gasteiger partial charge in [0.05, 0.1) is 24.2 Å². The van der Waals surface area contributed by atoms with Crippen LogP contribution < -0.4 is 20.1 Å². The first-order valence-corrected chi connectivity index (χ1v) is 10.3. The minimum absolute atomic E-state index is 0. The van der Waals surface area contributed by atoms with Gasteiger partial charge in [0.1, 0.15) is 0 Å². The van der Waals surface area contributed by atoms with Crippen molar-refractivity contribution in [2.24, 2.45) is 10.9 Å². The van der Waals surface area contributed by atoms with Gasteiger partial charge < -0.3 is 29.6 Å². The van der Waals surface area contributed by atoms with E-state index in [1.807, 2.05) is 12.1 Å². The van der Waals surface area contributed by atoms with E-state index >= 15 is 0 Å². The van der Waals surface area contributed by atoms with Gasteiger partial charge in [-0.2, -0.15) is 0 Å². The second kappa shape index (κ2) is 12.7. The van der Waals surface area contributed by atoms with E-state index in [1.54, 1.807) is 0 Å². The van der Waals surface area contributed by atoms with E-state index in [2.05, 4.69) is 38.5 Å². The van der Waals surface area contributed by atoms with Crippen LogP contribution in [0.15, 0.2) is 21.6 Å². The highest BCUT2D eigenvalue weighted by Crippen LogP contribution is 2.40. The van der Waals surface area contributed by atoms with Crippen LogP contribution in [0.25, 0.3) is 0 Å². The highest BCUT2D eigenvalue weighted by molar-refractivity contribution is 14.0. The zero-order valence-electron chi connectivity index (χ0n) is 16.2. The van der Waals surface area contributed by atoms with Crippen molar-refractivity contribution in [2.45, 2.75) is 26.3 Å². The Kier molecular flexibility index (Phi) is 10.7. The highest BCUT2D eigenvalue weighted by Gasteiger charge is 2.18. The largest absolute Gasteiger partial charge is 0.454 e. The normalized spacial score (nSPS) is 18.1. The predicted molar refractivity (Wildman–Crippen MR) is 123 cm³/mol. The van der Waals surface area contributed by atoms with Gasteiger partial charge in [-0.3, -0.25) is 0 Å². The third-order valence-corrected chi connectivity index (χ3v) is 4.98. The van der Waals surface area contributed by atoms with Crippen LogP contribution >= 0.6 is 39.9 Å². The number of hydrogen-bond acceptors (Lipinski definition) is 5. The molecule has 2 aliphatic heterocycles. The molecule has 1 unspecified atom stereocenters. The van der Waals surface area contributed by atoms with Crippen molar-refractivity contribution in [3.63, 3.8) is 0 Å². The minimum Gasteiger partial charge on any atom is -0.454 e. The zero-order chi connectivity index (χ0) is 18.9. The maximum atomic E-state index is 5.73. The fourth-order valence-electron chi connectivity index (χ4n) is 2.97. The summed E-state index contributed by atoms with van der Waals surface area (Å²) >= 11 is 3.52. The Bertz CT molecular complexity index is 642. The summed E-state index contributed by atoms with van der Waals surface area (Å²) in [5.74, 6) is 2.89. The summed E-state index contributed by atoms with van der Waals surface area (Å²) in [7, 11) is 0. The standard InChI is InChI=1S/C19H28BrN3O4.HI/c1-2-21-19(22-5-3-6-24-11-14-4-7-25-12-14)23-10-15-8-16(20)18-17(9-15)26-13-27-18;/h8-9,14H,2-7,10-13H2,1H3,(H2,21,22,23);1H. The molecular formula is C19H29BrIN3O4. The maximum Gasteiger partial charge on any atom is 0.231 e. The van der Waals surface area contributed by atoms with Crippen molar-refractivity contribution in [3.05, 3.63) is 22.2 Å². The van der Waals surface area contributed by atoms with Crippen LogP contribution in [0.4, 0.5) is 0 Å². The molecular weight excluding hydrogens is 541 g/mol. The number of nitrogens with one attached hydrogen (secondary N) is 2. The summed E-state index contributed by atoms with van der Waals surface area (Å²) in [6, 6.07) is 3.99. The second-order valence-corrected chi connectivity index (χ2v) is 7.45. The molecule has 1 aromatic carbocycles. The smallest absolute Gasteiger partial charge is 0.231 e. The quantitative estimate of drug-likeness (QED) is 0.206. The SMILES string of the molecule is CCNC(=NCc1cc(Br)c2c(c1)OCO2)NCCCOCC1CCOC1.I. The Morgan fingerprint density at radius 3 is 3.00 bits per heavy atom. The van der Waals surface area contributed by atoms with E-state index in [4.69, 9.17) is 18.9 Å². The number of aliphatic imine (C=N–C) groups is 1. The van der Waals surface area contributed by atoms with Crippen molar-refractivity contribution in [3.8, 4) is 11.5 Å². The summed E-state index contributed by atoms with van der Waals surface area (Å²) in [4.78, 5) is 4.65. The van der Waals surface area contributed by atoms with Crippen LogP contribution in [0.2, 0.25) is 0 Å². The van der Waals surface area contributed by atoms with E-state index in [9.17, 15) is 0 Å². The zero-order valence-corrected chi connectivity index (χ0v) is 20.1. The Labute approximate surface area is 192 Å². The number of halogens is 2. The number of ether oxygens (including phenoxy) is 4. The molecule has 0 bridgehead atoms. The van der Waals surface area contributed by atoms with Gasteiger partial charge in [-0.05, 0) is 53.4 Å². The highest BCUT2D eigenvalue weighted by atomic mass is 127. The van der Waals surface area contributed by atoms with Gasteiger partial charge in [0, 0.05) is 32.2 Å². The lowest BCUT2D eigenvalue weighted by molar-refractivity contribution is 0.0888. The topological polar surface area (TPSA) is 73.3 Å². The maximum absolute atomic E-state index is 5.73. The lowest BCUT2D eigenvalue weighted by Crippen LogP contribution is -2.38. The number of guanidine groups is 1. The van der Waals surface area contributed by atoms with E-state index in [1.165, 1.54) is 0 Å². The molecule has 0 spiro atoms. The first-order chi connectivity index (χ1) is 13.3. The summed E-state index contributed by atoms with van der Waals surface area (Å²) in [6.45, 7) is 7.77. The van der Waals surface area contributed by atoms with E-state index < -0.39 is 0 Å². The van der Waals surface area contributed by atoms with E-state index in [0.29, 0.717) is 12.5 Å². The average Bonchev–Trinajstić information content (AvgIpc) is 3.34. The molecule has 0 radical (unpaired) electrons. The van der Waals surface area contributed by atoms with Crippen LogP contribution in [-0.4, -0.2) is 52.3 Å². The Hall–Kier alpha value is -0.780. The fraction of sp³-hybridized carbons (Fsp3) is 0.632. The van der Waals surface area contributed by atoms with Crippen molar-refractivity contribution < 1.29 is 18.9 Å². The molecule has 9 heteroatoms. The van der Waals surface area contributed by atoms with Crippen LogP contribution in [0, 0.1) is 5.92 Å². The number of benzene rings is 1. The molecule has 2 N–H and O–H groups in total. The molecule has 0 aliphatic carbocycles. The van der Waals surface area contributed by atoms with Gasteiger partial charge in [0.25, 0.3) is 0 Å². The molecule has 7 nitrogen and oxygen atoms in total. The molecule has 1 saturated heterocycles. The van der Waals surface area contributed by atoms with Crippen LogP contribution in [0.5, 0.6) is 11.5 Å². The molecule has 1 atom stereocenters. The summed E-state index contributed by atoms with van der Waals surface area (Å²) in [5, 5.41) is 6.62. The number of nitrogens with zero attached hydrogens (tertiary/aromatic N) is 1. The van der Waals surface area contributed by atoms with Gasteiger partial charge in [0.15, 0.2) is 17.5 Å². The Morgan fingerprint density at radius 2 is 2.21 bits per heavy atom. The lowest BCUT2D eigenvalue weighted by atomic mass is 10.1. The second-order valence-electron chi connectivity index (χ2n) is 6.59. The van der Waals surface area contributed by atoms with Crippen molar-refractivity contribution in [1.29, 1.82) is 0 Å². The third-order valence-electron chi connectivity index (χ3n) is 4.39. The van der Waals surface area contributed by atoms with Crippen LogP contribution in [0.1, 0.15) is 25.3 Å². The molecule has 0 saturated carbocycles. The number of rotatable bonds is 9. The average molecular weight is 570 g/mol. The van der Waals surface area contributed by atoms with Crippen molar-refractivity contribution in [1.82, 2.24) is 10.6 Å². The molecule has 2 heterocycles. The molecule has 158 valence electrons. The molecule has 1 fully saturated rings. The van der Waals surface area contributed by atoms with Crippen LogP contribution in [-0.2, 0) is 16.0 Å². The molecule has 1 aromatic rings. The monoisotopic (exact) mass is 569 g/mol. The lowest BCUT2D eigenvalue weighted by Gasteiger charge is -2.12. The third kappa shape index (κ3) is 7.23. The first-order valence-electron chi connectivity index (χ1n) is 9.52. The number of fused-ring (bicyclic) bond motifs is 1. The van der Waals surface area contributed by atoms with Crippen molar-refractivity contribution in [2.75, 3.05) is 46.3 Å². The van der Waals surface area contributed by atoms with Crippen molar-refractivity contribution >= 4 is 45.9 Å². The number of hydrogen-bond donors (Lipinski definition) is 2. The molecule has 28 heavy (non-hydrogen) atoms. The molecule has 2 aliphatic rings. The summed E-state index contributed by atoms with van der Waals surface area (Å²) in [6.07, 6.45) is 2.05. The van der Waals surface area contributed by atoms with Gasteiger partial charge >= 0.3 is 0 Å². The van der Waals surface area contributed by atoms with Gasteiger partial charge in [-0.1, -0.05) is 0 Å². The van der Waals surface area contributed by atoms with Crippen LogP contribution in [0.3, 0.4) is 0 Å². The summed E-state index contributed by atoms with van der Waals surface area (Å²) in [5.41, 5.74) is 1.06. The Balaban J connectivity index is 0.00000280. The predicted octanol–water partition coefficient (Wildman–Crippen LogP) is 3.29. The Morgan fingerprint density at radius 1 is 1.32 bits per heavy atom.